The van der Waals surface area contributed by atoms with Crippen LogP contribution in [-0.4, -0.2) is 29.3 Å². The van der Waals surface area contributed by atoms with E-state index in [0.717, 1.165) is 0 Å². The predicted octanol–water partition coefficient (Wildman–Crippen LogP) is 2.78. The fraction of sp³-hybridized carbons (Fsp3) is 0.176. The van der Waals surface area contributed by atoms with Crippen LogP contribution in [0.3, 0.4) is 0 Å². The molecule has 1 saturated heterocycles. The molecule has 0 bridgehead atoms. The maximum atomic E-state index is 12.4. The first-order chi connectivity index (χ1) is 12.0. The summed E-state index contributed by atoms with van der Waals surface area (Å²) in [6.07, 6.45) is 0.134. The number of hydrogen-bond acceptors (Lipinski definition) is 4. The Kier molecular flexibility index (Phi) is 4.67. The van der Waals surface area contributed by atoms with E-state index in [9.17, 15) is 19.7 Å². The van der Waals surface area contributed by atoms with E-state index < -0.39 is 16.9 Å². The van der Waals surface area contributed by atoms with Gasteiger partial charge in [-0.1, -0.05) is 23.7 Å². The highest BCUT2D eigenvalue weighted by molar-refractivity contribution is 6.30. The van der Waals surface area contributed by atoms with Crippen LogP contribution in [0, 0.1) is 10.1 Å². The van der Waals surface area contributed by atoms with Gasteiger partial charge in [-0.15, -0.1) is 0 Å². The molecule has 2 aromatic carbocycles. The van der Waals surface area contributed by atoms with Gasteiger partial charge >= 0.3 is 0 Å². The van der Waals surface area contributed by atoms with Gasteiger partial charge in [0, 0.05) is 29.7 Å². The summed E-state index contributed by atoms with van der Waals surface area (Å²) < 4.78 is 0. The molecular weight excluding hydrogens is 346 g/mol. The number of rotatable bonds is 4. The van der Waals surface area contributed by atoms with Gasteiger partial charge in [-0.25, -0.2) is 0 Å². The van der Waals surface area contributed by atoms with Gasteiger partial charge in [-0.3, -0.25) is 19.7 Å². The lowest BCUT2D eigenvalue weighted by atomic mass is 10.1. The molecule has 1 aliphatic heterocycles. The quantitative estimate of drug-likeness (QED) is 0.671. The molecule has 2 amide bonds. The van der Waals surface area contributed by atoms with Gasteiger partial charge in [0.1, 0.15) is 5.56 Å². The molecule has 25 heavy (non-hydrogen) atoms. The number of nitrogens with one attached hydrogen (secondary N) is 1. The number of carbonyl (C=O) groups is 2. The van der Waals surface area contributed by atoms with E-state index >= 15 is 0 Å². The van der Waals surface area contributed by atoms with Crippen molar-refractivity contribution < 1.29 is 14.5 Å². The second-order valence-corrected chi connectivity index (χ2v) is 6.07. The Morgan fingerprint density at radius 2 is 1.88 bits per heavy atom. The number of carbonyl (C=O) groups excluding carboxylic acids is 2. The molecule has 7 nitrogen and oxygen atoms in total. The third-order valence-corrected chi connectivity index (χ3v) is 4.20. The second-order valence-electron chi connectivity index (χ2n) is 5.63. The maximum Gasteiger partial charge on any atom is 0.282 e. The molecule has 3 rings (SSSR count). The van der Waals surface area contributed by atoms with Crippen LogP contribution < -0.4 is 10.2 Å². The van der Waals surface area contributed by atoms with Gasteiger partial charge in [0.15, 0.2) is 0 Å². The minimum atomic E-state index is -0.602. The van der Waals surface area contributed by atoms with Crippen LogP contribution in [0.5, 0.6) is 0 Å². The fourth-order valence-electron chi connectivity index (χ4n) is 2.76. The molecule has 1 unspecified atom stereocenters. The van der Waals surface area contributed by atoms with E-state index in [2.05, 4.69) is 5.32 Å². The summed E-state index contributed by atoms with van der Waals surface area (Å²) in [4.78, 5) is 36.5. The first kappa shape index (κ1) is 16.9. The Bertz CT molecular complexity index is 838. The van der Waals surface area contributed by atoms with Gasteiger partial charge < -0.3 is 10.2 Å². The van der Waals surface area contributed by atoms with Crippen LogP contribution in [0.1, 0.15) is 16.8 Å². The van der Waals surface area contributed by atoms with E-state index in [1.165, 1.54) is 18.2 Å². The number of para-hydroxylation sites is 1. The molecule has 1 N–H and O–H groups in total. The normalized spacial score (nSPS) is 16.8. The Hall–Kier alpha value is -2.93. The summed E-state index contributed by atoms with van der Waals surface area (Å²) in [6.45, 7) is 0.298. The molecule has 0 spiro atoms. The van der Waals surface area contributed by atoms with E-state index in [1.54, 1.807) is 35.2 Å². The predicted molar refractivity (Wildman–Crippen MR) is 92.8 cm³/mol. The number of nitro groups is 1. The number of amides is 2. The van der Waals surface area contributed by atoms with Crippen LogP contribution in [-0.2, 0) is 4.79 Å². The average Bonchev–Trinajstić information content (AvgIpc) is 2.95. The van der Waals surface area contributed by atoms with E-state index in [4.69, 9.17) is 11.6 Å². The largest absolute Gasteiger partial charge is 0.347 e. The van der Waals surface area contributed by atoms with Gasteiger partial charge in [-0.05, 0) is 30.3 Å². The fourth-order valence-corrected chi connectivity index (χ4v) is 2.89. The molecular formula is C17H14ClN3O4. The highest BCUT2D eigenvalue weighted by atomic mass is 35.5. The second kappa shape index (κ2) is 6.90. The molecule has 1 heterocycles. The zero-order valence-corrected chi connectivity index (χ0v) is 13.8. The standard InChI is InChI=1S/C17H14ClN3O4/c18-11-5-7-13(8-6-11)20-10-12(9-16(20)22)19-17(23)14-3-1-2-4-15(14)21(24)25/h1-8,12H,9-10H2,(H,19,23). The number of hydrogen-bond donors (Lipinski definition) is 1. The zero-order chi connectivity index (χ0) is 18.0. The summed E-state index contributed by atoms with van der Waals surface area (Å²) in [5.74, 6) is -0.696. The average molecular weight is 360 g/mol. The Morgan fingerprint density at radius 3 is 2.56 bits per heavy atom. The molecule has 0 aliphatic carbocycles. The first-order valence-corrected chi connectivity index (χ1v) is 7.93. The van der Waals surface area contributed by atoms with Crippen molar-refractivity contribution in [2.24, 2.45) is 0 Å². The lowest BCUT2D eigenvalue weighted by Gasteiger charge is -2.17. The van der Waals surface area contributed by atoms with Gasteiger partial charge in [-0.2, -0.15) is 0 Å². The van der Waals surface area contributed by atoms with Crippen molar-refractivity contribution in [3.05, 3.63) is 69.2 Å². The third-order valence-electron chi connectivity index (χ3n) is 3.94. The smallest absolute Gasteiger partial charge is 0.282 e. The van der Waals surface area contributed by atoms with E-state index in [0.29, 0.717) is 17.3 Å². The summed E-state index contributed by atoms with van der Waals surface area (Å²) in [6, 6.07) is 12.1. The minimum absolute atomic E-state index is 0.0232. The maximum absolute atomic E-state index is 12.4. The molecule has 0 aromatic heterocycles. The van der Waals surface area contributed by atoms with E-state index in [1.807, 2.05) is 0 Å². The van der Waals surface area contributed by atoms with Crippen molar-refractivity contribution in [2.75, 3.05) is 11.4 Å². The molecule has 1 atom stereocenters. The van der Waals surface area contributed by atoms with Crippen molar-refractivity contribution in [1.82, 2.24) is 5.32 Å². The minimum Gasteiger partial charge on any atom is -0.347 e. The summed E-state index contributed by atoms with van der Waals surface area (Å²) >= 11 is 5.84. The number of nitrogens with zero attached hydrogens (tertiary/aromatic N) is 2. The topological polar surface area (TPSA) is 92.6 Å². The van der Waals surface area contributed by atoms with Crippen LogP contribution in [0.15, 0.2) is 48.5 Å². The summed E-state index contributed by atoms with van der Waals surface area (Å²) in [5, 5.41) is 14.3. The van der Waals surface area contributed by atoms with Crippen LogP contribution in [0.25, 0.3) is 0 Å². The van der Waals surface area contributed by atoms with Crippen LogP contribution in [0.2, 0.25) is 5.02 Å². The Morgan fingerprint density at radius 1 is 1.20 bits per heavy atom. The molecule has 2 aromatic rings. The molecule has 128 valence electrons. The Balaban J connectivity index is 1.72. The van der Waals surface area contributed by atoms with Gasteiger partial charge in [0.05, 0.1) is 11.0 Å². The van der Waals surface area contributed by atoms with E-state index in [-0.39, 0.29) is 23.6 Å². The zero-order valence-electron chi connectivity index (χ0n) is 13.0. The SMILES string of the molecule is O=C(NC1CC(=O)N(c2ccc(Cl)cc2)C1)c1ccccc1[N+](=O)[O-]. The number of nitro benzene ring substituents is 1. The van der Waals surface area contributed by atoms with Crippen molar-refractivity contribution in [3.63, 3.8) is 0 Å². The molecule has 1 aliphatic rings. The molecule has 0 saturated carbocycles. The van der Waals surface area contributed by atoms with Crippen LogP contribution in [0.4, 0.5) is 11.4 Å². The van der Waals surface area contributed by atoms with Gasteiger partial charge in [0.2, 0.25) is 5.91 Å². The van der Waals surface area contributed by atoms with Crippen LogP contribution >= 0.6 is 11.6 Å². The van der Waals surface area contributed by atoms with Crippen molar-refractivity contribution >= 4 is 34.8 Å². The summed E-state index contributed by atoms with van der Waals surface area (Å²) in [5.41, 5.74) is 0.403. The van der Waals surface area contributed by atoms with Crippen molar-refractivity contribution in [3.8, 4) is 0 Å². The lowest BCUT2D eigenvalue weighted by Crippen LogP contribution is -2.37. The number of benzene rings is 2. The first-order valence-electron chi connectivity index (χ1n) is 7.56. The third kappa shape index (κ3) is 3.61. The van der Waals surface area contributed by atoms with Gasteiger partial charge in [0.25, 0.3) is 11.6 Å². The number of anilines is 1. The lowest BCUT2D eigenvalue weighted by molar-refractivity contribution is -0.385. The summed E-state index contributed by atoms with van der Waals surface area (Å²) in [7, 11) is 0. The van der Waals surface area contributed by atoms with Crippen molar-refractivity contribution in [2.45, 2.75) is 12.5 Å². The Labute approximate surface area is 148 Å². The molecule has 8 heteroatoms. The monoisotopic (exact) mass is 359 g/mol. The highest BCUT2D eigenvalue weighted by Gasteiger charge is 2.32. The number of halogens is 1. The molecule has 0 radical (unpaired) electrons. The molecule has 1 fully saturated rings. The highest BCUT2D eigenvalue weighted by Crippen LogP contribution is 2.24. The van der Waals surface area contributed by atoms with Crippen molar-refractivity contribution in [1.29, 1.82) is 0 Å².